The second-order valence-corrected chi connectivity index (χ2v) is 9.63. The van der Waals surface area contributed by atoms with E-state index in [9.17, 15) is 31.1 Å². The van der Waals surface area contributed by atoms with Gasteiger partial charge in [-0.2, -0.15) is 13.2 Å². The number of carboxylic acids is 1. The summed E-state index contributed by atoms with van der Waals surface area (Å²) in [6, 6.07) is 16.3. The number of carbonyl (C=O) groups is 1. The maximum atomic E-state index is 12.6. The number of aliphatic carboxylic acids is 1. The molecule has 0 unspecified atom stereocenters. The van der Waals surface area contributed by atoms with Gasteiger partial charge in [-0.3, -0.25) is 4.79 Å². The number of hydrogen-bond acceptors (Lipinski definition) is 8. The van der Waals surface area contributed by atoms with Crippen LogP contribution in [0.5, 0.6) is 5.75 Å². The van der Waals surface area contributed by atoms with Gasteiger partial charge in [0.05, 0.1) is 12.1 Å². The third-order valence-corrected chi connectivity index (χ3v) is 6.36. The number of hydrogen-bond donors (Lipinski definition) is 1. The maximum absolute atomic E-state index is 12.6. The molecule has 1 aliphatic rings. The van der Waals surface area contributed by atoms with Crippen molar-refractivity contribution in [1.29, 1.82) is 0 Å². The Balaban J connectivity index is 0.000000566. The van der Waals surface area contributed by atoms with Crippen molar-refractivity contribution in [2.24, 2.45) is 0 Å². The number of anilines is 1. The van der Waals surface area contributed by atoms with Gasteiger partial charge in [-0.25, -0.2) is 4.79 Å². The van der Waals surface area contributed by atoms with Gasteiger partial charge >= 0.3 is 18.5 Å². The molecule has 0 radical (unpaired) electrons. The minimum Gasteiger partial charge on any atom is -0.475 e. The van der Waals surface area contributed by atoms with Crippen LogP contribution in [0.2, 0.25) is 0 Å². The highest BCUT2D eigenvalue weighted by atomic mass is 19.4. The van der Waals surface area contributed by atoms with E-state index in [1.165, 1.54) is 30.3 Å². The second kappa shape index (κ2) is 13.2. The predicted octanol–water partition coefficient (Wildman–Crippen LogP) is 4.90. The van der Waals surface area contributed by atoms with Crippen molar-refractivity contribution in [2.45, 2.75) is 19.1 Å². The summed E-state index contributed by atoms with van der Waals surface area (Å²) >= 11 is 0. The molecule has 2 aromatic carbocycles. The van der Waals surface area contributed by atoms with Crippen LogP contribution < -0.4 is 15.2 Å². The summed E-state index contributed by atoms with van der Waals surface area (Å²) in [5.41, 5.74) is 2.92. The van der Waals surface area contributed by atoms with Gasteiger partial charge in [0, 0.05) is 49.7 Å². The number of pyridine rings is 1. The Bertz CT molecular complexity index is 1630. The molecule has 0 aliphatic carbocycles. The van der Waals surface area contributed by atoms with Crippen molar-refractivity contribution in [3.05, 3.63) is 82.8 Å². The summed E-state index contributed by atoms with van der Waals surface area (Å²) in [5, 5.41) is 15.2. The number of rotatable bonds is 6. The molecule has 234 valence electrons. The Morgan fingerprint density at radius 2 is 1.50 bits per heavy atom. The van der Waals surface area contributed by atoms with Crippen molar-refractivity contribution in [3.63, 3.8) is 0 Å². The Morgan fingerprint density at radius 3 is 2.09 bits per heavy atom. The number of carboxylic acid groups (broad SMARTS) is 1. The Morgan fingerprint density at radius 1 is 0.909 bits per heavy atom. The molecule has 0 spiro atoms. The Hall–Kier alpha value is -4.86. The van der Waals surface area contributed by atoms with Crippen molar-refractivity contribution < 1.29 is 45.4 Å². The Kier molecular flexibility index (Phi) is 9.62. The first-order valence-corrected chi connectivity index (χ1v) is 12.9. The van der Waals surface area contributed by atoms with Gasteiger partial charge in [0.2, 0.25) is 11.8 Å². The SMILES string of the molecule is CN1CCN(c2cccc(Cn3cc(-c4nnc(-c5ccc(OC(F)(F)F)cc5)o4)ccc3=O)c2)CC1.O=C(O)C(F)(F)F. The number of ether oxygens (including phenoxy) is 1. The van der Waals surface area contributed by atoms with Gasteiger partial charge in [0.15, 0.2) is 0 Å². The van der Waals surface area contributed by atoms with Crippen molar-refractivity contribution in [1.82, 2.24) is 19.7 Å². The van der Waals surface area contributed by atoms with Gasteiger partial charge in [-0.1, -0.05) is 12.1 Å². The van der Waals surface area contributed by atoms with Crippen molar-refractivity contribution in [2.75, 3.05) is 38.1 Å². The van der Waals surface area contributed by atoms with Crippen LogP contribution in [0.3, 0.4) is 0 Å². The van der Waals surface area contributed by atoms with E-state index in [4.69, 9.17) is 14.3 Å². The summed E-state index contributed by atoms with van der Waals surface area (Å²) in [6.45, 7) is 4.28. The van der Waals surface area contributed by atoms with Crippen LogP contribution in [-0.4, -0.2) is 76.5 Å². The van der Waals surface area contributed by atoms with E-state index in [-0.39, 0.29) is 23.1 Å². The molecule has 16 heteroatoms. The monoisotopic (exact) mass is 625 g/mol. The smallest absolute Gasteiger partial charge is 0.475 e. The van der Waals surface area contributed by atoms with Gasteiger partial charge in [0.1, 0.15) is 5.75 Å². The maximum Gasteiger partial charge on any atom is 0.573 e. The molecule has 1 saturated heterocycles. The quantitative estimate of drug-likeness (QED) is 0.299. The van der Waals surface area contributed by atoms with E-state index >= 15 is 0 Å². The number of alkyl halides is 6. The van der Waals surface area contributed by atoms with Crippen LogP contribution in [0, 0.1) is 0 Å². The van der Waals surface area contributed by atoms with E-state index < -0.39 is 18.5 Å². The normalized spacial score (nSPS) is 14.1. The van der Waals surface area contributed by atoms with Crippen LogP contribution in [-0.2, 0) is 11.3 Å². The zero-order valence-electron chi connectivity index (χ0n) is 23.0. The van der Waals surface area contributed by atoms with E-state index in [1.54, 1.807) is 16.8 Å². The predicted molar refractivity (Wildman–Crippen MR) is 145 cm³/mol. The average Bonchev–Trinajstić information content (AvgIpc) is 3.45. The minimum absolute atomic E-state index is 0.131. The summed E-state index contributed by atoms with van der Waals surface area (Å²) in [4.78, 5) is 26.1. The van der Waals surface area contributed by atoms with Crippen molar-refractivity contribution in [3.8, 4) is 28.7 Å². The van der Waals surface area contributed by atoms with Gasteiger partial charge < -0.3 is 28.6 Å². The number of piperazine rings is 1. The molecule has 0 atom stereocenters. The van der Waals surface area contributed by atoms with Gasteiger partial charge in [-0.15, -0.1) is 23.4 Å². The van der Waals surface area contributed by atoms with Crippen LogP contribution in [0.4, 0.5) is 32.0 Å². The summed E-state index contributed by atoms with van der Waals surface area (Å²) < 4.78 is 80.1. The lowest BCUT2D eigenvalue weighted by Gasteiger charge is -2.34. The Labute approximate surface area is 245 Å². The lowest BCUT2D eigenvalue weighted by molar-refractivity contribution is -0.274. The zero-order chi connectivity index (χ0) is 32.1. The molecule has 3 heterocycles. The highest BCUT2D eigenvalue weighted by Crippen LogP contribution is 2.28. The summed E-state index contributed by atoms with van der Waals surface area (Å²) in [5.74, 6) is -2.79. The lowest BCUT2D eigenvalue weighted by atomic mass is 10.1. The largest absolute Gasteiger partial charge is 0.573 e. The lowest BCUT2D eigenvalue weighted by Crippen LogP contribution is -2.44. The van der Waals surface area contributed by atoms with E-state index in [2.05, 4.69) is 43.9 Å². The van der Waals surface area contributed by atoms with Crippen LogP contribution >= 0.6 is 0 Å². The minimum atomic E-state index is -5.08. The third kappa shape index (κ3) is 8.82. The van der Waals surface area contributed by atoms with E-state index in [0.29, 0.717) is 17.7 Å². The van der Waals surface area contributed by atoms with Crippen LogP contribution in [0.15, 0.2) is 76.1 Å². The number of halogens is 6. The van der Waals surface area contributed by atoms with E-state index in [1.807, 2.05) is 12.1 Å². The molecule has 0 amide bonds. The zero-order valence-corrected chi connectivity index (χ0v) is 23.0. The van der Waals surface area contributed by atoms with Crippen LogP contribution in [0.1, 0.15) is 5.56 Å². The first-order chi connectivity index (χ1) is 20.7. The fourth-order valence-electron chi connectivity index (χ4n) is 4.15. The van der Waals surface area contributed by atoms with Crippen molar-refractivity contribution >= 4 is 11.7 Å². The molecular weight excluding hydrogens is 600 g/mol. The molecular formula is C28H25F6N5O5. The molecule has 5 rings (SSSR count). The molecule has 2 aromatic heterocycles. The molecule has 10 nitrogen and oxygen atoms in total. The van der Waals surface area contributed by atoms with E-state index in [0.717, 1.165) is 37.4 Å². The molecule has 0 bridgehead atoms. The number of aromatic nitrogens is 3. The highest BCUT2D eigenvalue weighted by molar-refractivity contribution is 5.73. The molecule has 1 aliphatic heterocycles. The first kappa shape index (κ1) is 32.1. The highest BCUT2D eigenvalue weighted by Gasteiger charge is 2.38. The number of nitrogens with zero attached hydrogens (tertiary/aromatic N) is 5. The number of likely N-dealkylation sites (N-methyl/N-ethyl adjacent to an activating group) is 1. The third-order valence-electron chi connectivity index (χ3n) is 6.36. The fraction of sp³-hybridized carbons (Fsp3) is 0.286. The molecule has 1 N–H and O–H groups in total. The standard InChI is InChI=1S/C26H24F3N5O3.C2HF3O2/c1-32-11-13-33(14-12-32)21-4-2-3-18(15-21)16-34-17-20(7-10-23(34)35)25-31-30-24(36-25)19-5-8-22(9-6-19)37-26(27,28)29;3-2(4,5)1(6)7/h2-10,15,17H,11-14,16H2,1H3;(H,6,7). The topological polar surface area (TPSA) is 114 Å². The van der Waals surface area contributed by atoms with Gasteiger partial charge in [-0.05, 0) is 55.1 Å². The first-order valence-electron chi connectivity index (χ1n) is 12.9. The molecule has 0 saturated carbocycles. The summed E-state index contributed by atoms with van der Waals surface area (Å²) in [6.07, 6.45) is -8.20. The van der Waals surface area contributed by atoms with Gasteiger partial charge in [0.25, 0.3) is 5.56 Å². The van der Waals surface area contributed by atoms with Crippen LogP contribution in [0.25, 0.3) is 22.9 Å². The second-order valence-electron chi connectivity index (χ2n) is 9.63. The summed E-state index contributed by atoms with van der Waals surface area (Å²) in [7, 11) is 2.11. The number of benzene rings is 2. The molecule has 44 heavy (non-hydrogen) atoms. The fourth-order valence-corrected chi connectivity index (χ4v) is 4.15. The molecule has 4 aromatic rings. The molecule has 1 fully saturated rings. The average molecular weight is 626 g/mol.